The molecule has 0 aromatic heterocycles. The maximum atomic E-state index is 8.29. The summed E-state index contributed by atoms with van der Waals surface area (Å²) >= 11 is 0. The molecule has 0 fully saturated rings. The van der Waals surface area contributed by atoms with E-state index < -0.39 is 0 Å². The second-order valence-corrected chi connectivity index (χ2v) is 1.78. The van der Waals surface area contributed by atoms with Gasteiger partial charge in [0.25, 0.3) is 0 Å². The van der Waals surface area contributed by atoms with Gasteiger partial charge >= 0.3 is 51.4 Å². The molecule has 0 radical (unpaired) electrons. The van der Waals surface area contributed by atoms with Crippen molar-refractivity contribution in [1.29, 1.82) is 0 Å². The van der Waals surface area contributed by atoms with Gasteiger partial charge in [0.05, 0.1) is 0 Å². The van der Waals surface area contributed by atoms with Crippen LogP contribution in [0.1, 0.15) is 34.0 Å². The van der Waals surface area contributed by atoms with Gasteiger partial charge in [-0.25, -0.2) is 0 Å². The molecule has 0 aliphatic heterocycles. The smallest absolute Gasteiger partial charge is 1.00 e. The standard InChI is InChI=1S/C6H14O.K.H/c1-2-3-4-5-6-7;;/h7H,2-6H2,1H3;;/q;+1;-1. The zero-order chi connectivity index (χ0) is 5.54. The first-order valence-electron chi connectivity index (χ1n) is 3.02. The predicted octanol–water partition coefficient (Wildman–Crippen LogP) is -1.32. The summed E-state index contributed by atoms with van der Waals surface area (Å²) in [6.07, 6.45) is 4.68. The summed E-state index contributed by atoms with van der Waals surface area (Å²) in [5, 5.41) is 8.29. The Labute approximate surface area is 95.8 Å². The predicted molar refractivity (Wildman–Crippen MR) is 32.3 cm³/mol. The molecule has 0 saturated carbocycles. The van der Waals surface area contributed by atoms with Gasteiger partial charge in [-0.3, -0.25) is 0 Å². The summed E-state index contributed by atoms with van der Waals surface area (Å²) in [7, 11) is 0. The van der Waals surface area contributed by atoms with E-state index in [1.807, 2.05) is 0 Å². The molecule has 0 amide bonds. The van der Waals surface area contributed by atoms with Gasteiger partial charge in [0.2, 0.25) is 0 Å². The van der Waals surface area contributed by atoms with E-state index in [0.29, 0.717) is 6.61 Å². The molecule has 0 aliphatic carbocycles. The van der Waals surface area contributed by atoms with Crippen LogP contribution in [-0.4, -0.2) is 11.7 Å². The van der Waals surface area contributed by atoms with E-state index >= 15 is 0 Å². The van der Waals surface area contributed by atoms with Crippen LogP contribution in [-0.2, 0) is 0 Å². The van der Waals surface area contributed by atoms with Crippen molar-refractivity contribution in [1.82, 2.24) is 0 Å². The maximum absolute atomic E-state index is 8.29. The average molecular weight is 142 g/mol. The van der Waals surface area contributed by atoms with Crippen molar-refractivity contribution in [3.8, 4) is 0 Å². The van der Waals surface area contributed by atoms with E-state index in [1.165, 1.54) is 19.3 Å². The summed E-state index contributed by atoms with van der Waals surface area (Å²) in [5.41, 5.74) is 0. The number of hydrogen-bond donors (Lipinski definition) is 1. The van der Waals surface area contributed by atoms with Crippen molar-refractivity contribution in [3.05, 3.63) is 0 Å². The van der Waals surface area contributed by atoms with Crippen molar-refractivity contribution in [2.75, 3.05) is 6.61 Å². The minimum absolute atomic E-state index is 0. The van der Waals surface area contributed by atoms with Crippen LogP contribution >= 0.6 is 0 Å². The SMILES string of the molecule is CCCCCCO.[H-].[K+]. The molecule has 0 aromatic carbocycles. The van der Waals surface area contributed by atoms with Crippen molar-refractivity contribution < 1.29 is 57.9 Å². The minimum Gasteiger partial charge on any atom is -1.00 e. The van der Waals surface area contributed by atoms with Crippen LogP contribution in [0, 0.1) is 0 Å². The fourth-order valence-electron chi connectivity index (χ4n) is 0.539. The van der Waals surface area contributed by atoms with Crippen LogP contribution in [0.2, 0.25) is 0 Å². The normalized spacial score (nSPS) is 8.25. The summed E-state index contributed by atoms with van der Waals surface area (Å²) in [4.78, 5) is 0. The monoisotopic (exact) mass is 142 g/mol. The molecular formula is C6H15KO. The Bertz CT molecular complexity index is 32.2. The van der Waals surface area contributed by atoms with Crippen LogP contribution in [0.15, 0.2) is 0 Å². The first-order valence-corrected chi connectivity index (χ1v) is 3.02. The maximum Gasteiger partial charge on any atom is 1.00 e. The molecule has 1 N–H and O–H groups in total. The van der Waals surface area contributed by atoms with Crippen LogP contribution in [0.4, 0.5) is 0 Å². The van der Waals surface area contributed by atoms with Gasteiger partial charge in [-0.05, 0) is 6.42 Å². The van der Waals surface area contributed by atoms with Gasteiger partial charge < -0.3 is 6.53 Å². The fraction of sp³-hybridized carbons (Fsp3) is 1.00. The molecule has 2 heteroatoms. The Morgan fingerprint density at radius 1 is 1.25 bits per heavy atom. The van der Waals surface area contributed by atoms with Gasteiger partial charge in [0.1, 0.15) is 0 Å². The Balaban J connectivity index is -0.000000180. The number of unbranched alkanes of at least 4 members (excludes halogenated alkanes) is 3. The first kappa shape index (κ1) is 12.3. The van der Waals surface area contributed by atoms with Gasteiger partial charge in [-0.1, -0.05) is 26.2 Å². The largest absolute Gasteiger partial charge is 1.00 e. The van der Waals surface area contributed by atoms with Crippen molar-refractivity contribution >= 4 is 0 Å². The van der Waals surface area contributed by atoms with Crippen LogP contribution in [0.3, 0.4) is 0 Å². The van der Waals surface area contributed by atoms with E-state index in [1.54, 1.807) is 0 Å². The molecular weight excluding hydrogens is 127 g/mol. The molecule has 1 nitrogen and oxygen atoms in total. The first-order chi connectivity index (χ1) is 3.41. The van der Waals surface area contributed by atoms with E-state index in [4.69, 9.17) is 5.11 Å². The van der Waals surface area contributed by atoms with Crippen molar-refractivity contribution in [2.24, 2.45) is 0 Å². The number of hydrogen-bond acceptors (Lipinski definition) is 1. The Morgan fingerprint density at radius 3 is 2.25 bits per heavy atom. The van der Waals surface area contributed by atoms with Gasteiger partial charge in [0, 0.05) is 6.61 Å². The molecule has 8 heavy (non-hydrogen) atoms. The van der Waals surface area contributed by atoms with E-state index in [2.05, 4.69) is 6.92 Å². The van der Waals surface area contributed by atoms with Gasteiger partial charge in [-0.15, -0.1) is 0 Å². The van der Waals surface area contributed by atoms with Crippen molar-refractivity contribution in [2.45, 2.75) is 32.6 Å². The fourth-order valence-corrected chi connectivity index (χ4v) is 0.539. The van der Waals surface area contributed by atoms with Crippen LogP contribution in [0.25, 0.3) is 0 Å². The second kappa shape index (κ2) is 11.4. The summed E-state index contributed by atoms with van der Waals surface area (Å²) in [6.45, 7) is 2.53. The third-order valence-electron chi connectivity index (χ3n) is 1.01. The molecule has 0 unspecified atom stereocenters. The molecule has 0 spiro atoms. The Kier molecular flexibility index (Phi) is 17.5. The number of aliphatic hydroxyl groups excluding tert-OH is 1. The third-order valence-corrected chi connectivity index (χ3v) is 1.01. The molecule has 0 rings (SSSR count). The topological polar surface area (TPSA) is 20.2 Å². The summed E-state index contributed by atoms with van der Waals surface area (Å²) < 4.78 is 0. The van der Waals surface area contributed by atoms with E-state index in [-0.39, 0.29) is 52.8 Å². The average Bonchev–Trinajstić information content (AvgIpc) is 1.69. The Morgan fingerprint density at radius 2 is 1.88 bits per heavy atom. The van der Waals surface area contributed by atoms with E-state index in [9.17, 15) is 0 Å². The molecule has 46 valence electrons. The van der Waals surface area contributed by atoms with Gasteiger partial charge in [-0.2, -0.15) is 0 Å². The van der Waals surface area contributed by atoms with E-state index in [0.717, 1.165) is 6.42 Å². The summed E-state index contributed by atoms with van der Waals surface area (Å²) in [5.74, 6) is 0. The quantitative estimate of drug-likeness (QED) is 0.381. The summed E-state index contributed by atoms with van der Waals surface area (Å²) in [6, 6.07) is 0. The van der Waals surface area contributed by atoms with Crippen molar-refractivity contribution in [3.63, 3.8) is 0 Å². The molecule has 0 aliphatic rings. The number of aliphatic hydroxyl groups is 1. The van der Waals surface area contributed by atoms with Crippen LogP contribution in [0.5, 0.6) is 0 Å². The molecule has 0 atom stereocenters. The number of rotatable bonds is 4. The molecule has 0 heterocycles. The molecule has 0 saturated heterocycles. The zero-order valence-corrected chi connectivity index (χ0v) is 9.11. The zero-order valence-electron chi connectivity index (χ0n) is 6.98. The molecule has 0 aromatic rings. The minimum atomic E-state index is 0. The molecule has 0 bridgehead atoms. The van der Waals surface area contributed by atoms with Crippen LogP contribution < -0.4 is 51.4 Å². The second-order valence-electron chi connectivity index (χ2n) is 1.78. The Hall–Kier alpha value is 1.60. The van der Waals surface area contributed by atoms with Gasteiger partial charge in [0.15, 0.2) is 0 Å². The third kappa shape index (κ3) is 10.6.